The van der Waals surface area contributed by atoms with Crippen molar-refractivity contribution in [3.63, 3.8) is 0 Å². The van der Waals surface area contributed by atoms with Gasteiger partial charge in [-0.15, -0.1) is 0 Å². The van der Waals surface area contributed by atoms with Gasteiger partial charge in [0.1, 0.15) is 17.5 Å². The third-order valence-electron chi connectivity index (χ3n) is 5.59. The first-order valence-electron chi connectivity index (χ1n) is 10.0. The van der Waals surface area contributed by atoms with Gasteiger partial charge in [-0.05, 0) is 50.1 Å². The van der Waals surface area contributed by atoms with E-state index in [9.17, 15) is 13.6 Å². The molecule has 1 aromatic carbocycles. The Hall–Kier alpha value is -3.62. The number of nitrogens with one attached hydrogen (secondary N) is 1. The van der Waals surface area contributed by atoms with Crippen molar-refractivity contribution in [1.82, 2.24) is 15.0 Å². The van der Waals surface area contributed by atoms with Crippen LogP contribution in [-0.2, 0) is 10.2 Å². The number of amides is 1. The molecule has 1 N–H and O–H groups in total. The third-order valence-corrected chi connectivity index (χ3v) is 5.59. The molecule has 9 heteroatoms. The van der Waals surface area contributed by atoms with Crippen LogP contribution < -0.4 is 14.8 Å². The van der Waals surface area contributed by atoms with Crippen LogP contribution in [0.4, 0.5) is 14.6 Å². The summed E-state index contributed by atoms with van der Waals surface area (Å²) >= 11 is 0. The molecule has 32 heavy (non-hydrogen) atoms. The Morgan fingerprint density at radius 3 is 2.75 bits per heavy atom. The van der Waals surface area contributed by atoms with Crippen LogP contribution in [0.3, 0.4) is 0 Å². The van der Waals surface area contributed by atoms with Crippen molar-refractivity contribution >= 4 is 11.7 Å². The Labute approximate surface area is 183 Å². The summed E-state index contributed by atoms with van der Waals surface area (Å²) in [6.45, 7) is 3.73. The van der Waals surface area contributed by atoms with Crippen molar-refractivity contribution in [3.05, 3.63) is 71.3 Å². The smallest absolute Gasteiger partial charge is 0.252 e. The van der Waals surface area contributed by atoms with Gasteiger partial charge in [0.25, 0.3) is 5.88 Å². The van der Waals surface area contributed by atoms with Crippen LogP contribution in [0, 0.1) is 31.4 Å². The molecule has 3 aromatic rings. The van der Waals surface area contributed by atoms with Gasteiger partial charge in [-0.3, -0.25) is 4.79 Å². The van der Waals surface area contributed by atoms with Gasteiger partial charge < -0.3 is 14.8 Å². The number of ether oxygens (including phenoxy) is 2. The van der Waals surface area contributed by atoms with E-state index >= 15 is 0 Å². The number of benzene rings is 1. The molecule has 0 spiro atoms. The van der Waals surface area contributed by atoms with E-state index < -0.39 is 23.0 Å². The zero-order valence-electron chi connectivity index (χ0n) is 17.9. The zero-order valence-corrected chi connectivity index (χ0v) is 17.9. The first-order chi connectivity index (χ1) is 15.3. The molecule has 2 heterocycles. The van der Waals surface area contributed by atoms with E-state index in [1.165, 1.54) is 25.3 Å². The zero-order chi connectivity index (χ0) is 22.9. The van der Waals surface area contributed by atoms with Crippen molar-refractivity contribution < 1.29 is 23.0 Å². The van der Waals surface area contributed by atoms with Crippen molar-refractivity contribution in [2.24, 2.45) is 5.92 Å². The SMILES string of the molecule is Cc1ncc(OC[C@@]2(c3cccc(F)c3)C[C@H]2C(=O)Nc2ccc(F)c(O[11CH3])n2)c(C)n1. The molecule has 0 saturated heterocycles. The highest BCUT2D eigenvalue weighted by molar-refractivity contribution is 5.95. The maximum Gasteiger partial charge on any atom is 0.252 e. The molecule has 1 fully saturated rings. The fraction of sp³-hybridized carbons (Fsp3) is 0.304. The molecular formula is C23H22F2N4O3. The molecule has 1 amide bonds. The standard InChI is InChI=1S/C23H22F2N4O3/c1-13-19(11-26-14(2)27-13)32-12-23(15-5-4-6-16(24)9-15)10-17(23)21(30)28-20-8-7-18(25)22(29-20)31-3/h4-9,11,17H,10,12H2,1-3H3,(H,28,29,30)/t17-,23+/m0/s1/i3-1. The number of hydrogen-bond donors (Lipinski definition) is 1. The second kappa shape index (κ2) is 8.49. The second-order valence-electron chi connectivity index (χ2n) is 7.76. The maximum atomic E-state index is 14.0. The summed E-state index contributed by atoms with van der Waals surface area (Å²) in [5.41, 5.74) is 0.609. The highest BCUT2D eigenvalue weighted by Crippen LogP contribution is 2.55. The van der Waals surface area contributed by atoms with Crippen molar-refractivity contribution in [3.8, 4) is 11.6 Å². The molecule has 0 unspecified atom stereocenters. The summed E-state index contributed by atoms with van der Waals surface area (Å²) < 4.78 is 38.4. The van der Waals surface area contributed by atoms with Crippen LogP contribution in [0.25, 0.3) is 0 Å². The van der Waals surface area contributed by atoms with E-state index in [4.69, 9.17) is 9.47 Å². The summed E-state index contributed by atoms with van der Waals surface area (Å²) in [6, 6.07) is 8.66. The molecule has 1 aliphatic carbocycles. The van der Waals surface area contributed by atoms with Crippen molar-refractivity contribution in [2.45, 2.75) is 25.7 Å². The summed E-state index contributed by atoms with van der Waals surface area (Å²) in [4.78, 5) is 25.4. The number of aromatic nitrogens is 3. The van der Waals surface area contributed by atoms with E-state index in [0.29, 0.717) is 29.3 Å². The maximum absolute atomic E-state index is 14.0. The number of halogens is 2. The van der Waals surface area contributed by atoms with Gasteiger partial charge in [0.15, 0.2) is 11.6 Å². The Morgan fingerprint density at radius 1 is 1.22 bits per heavy atom. The predicted molar refractivity (Wildman–Crippen MR) is 113 cm³/mol. The lowest BCUT2D eigenvalue weighted by Gasteiger charge is -2.20. The summed E-state index contributed by atoms with van der Waals surface area (Å²) in [6.07, 6.45) is 2.04. The van der Waals surface area contributed by atoms with E-state index in [-0.39, 0.29) is 24.2 Å². The van der Waals surface area contributed by atoms with Crippen molar-refractivity contribution in [1.29, 1.82) is 0 Å². The number of pyridine rings is 1. The first kappa shape index (κ1) is 21.6. The lowest BCUT2D eigenvalue weighted by Crippen LogP contribution is -2.27. The van der Waals surface area contributed by atoms with E-state index in [1.54, 1.807) is 25.3 Å². The van der Waals surface area contributed by atoms with Gasteiger partial charge >= 0.3 is 0 Å². The number of rotatable bonds is 7. The molecule has 4 rings (SSSR count). The quantitative estimate of drug-likeness (QED) is 0.604. The fourth-order valence-corrected chi connectivity index (χ4v) is 3.78. The molecule has 166 valence electrons. The van der Waals surface area contributed by atoms with Gasteiger partial charge in [-0.2, -0.15) is 4.98 Å². The number of aryl methyl sites for hydroxylation is 2. The van der Waals surface area contributed by atoms with Crippen molar-refractivity contribution in [2.75, 3.05) is 19.0 Å². The number of hydrogen-bond acceptors (Lipinski definition) is 6. The van der Waals surface area contributed by atoms with E-state index in [1.807, 2.05) is 6.92 Å². The minimum atomic E-state index is -0.729. The average molecular weight is 439 g/mol. The van der Waals surface area contributed by atoms with Crippen LogP contribution in [0.1, 0.15) is 23.5 Å². The number of methoxy groups -OCH3 is 1. The van der Waals surface area contributed by atoms with E-state index in [0.717, 1.165) is 6.07 Å². The third kappa shape index (κ3) is 4.23. The summed E-state index contributed by atoms with van der Waals surface area (Å²) in [5, 5.41) is 2.69. The van der Waals surface area contributed by atoms with E-state index in [2.05, 4.69) is 20.3 Å². The van der Waals surface area contributed by atoms with Crippen LogP contribution >= 0.6 is 0 Å². The van der Waals surface area contributed by atoms with Gasteiger partial charge in [0.05, 0.1) is 31.5 Å². The largest absolute Gasteiger partial charge is 0.489 e. The minimum Gasteiger partial charge on any atom is -0.489 e. The Bertz CT molecular complexity index is 1170. The fourth-order valence-electron chi connectivity index (χ4n) is 3.78. The lowest BCUT2D eigenvalue weighted by atomic mass is 9.93. The molecule has 0 radical (unpaired) electrons. The number of carbonyl (C=O) groups is 1. The number of carbonyl (C=O) groups excluding carboxylic acids is 1. The molecule has 0 aliphatic heterocycles. The highest BCUT2D eigenvalue weighted by atomic mass is 19.1. The van der Waals surface area contributed by atoms with Gasteiger partial charge in [0, 0.05) is 5.41 Å². The molecule has 2 atom stereocenters. The van der Waals surface area contributed by atoms with Gasteiger partial charge in [-0.1, -0.05) is 12.1 Å². The van der Waals surface area contributed by atoms with Crippen LogP contribution in [0.15, 0.2) is 42.6 Å². The molecule has 1 saturated carbocycles. The molecular weight excluding hydrogens is 417 g/mol. The predicted octanol–water partition coefficient (Wildman–Crippen LogP) is 3.75. The van der Waals surface area contributed by atoms with Gasteiger partial charge in [0.2, 0.25) is 5.91 Å². The Morgan fingerprint density at radius 2 is 2.03 bits per heavy atom. The lowest BCUT2D eigenvalue weighted by molar-refractivity contribution is -0.117. The van der Waals surface area contributed by atoms with Crippen LogP contribution in [0.2, 0.25) is 0 Å². The molecule has 2 aromatic heterocycles. The molecule has 0 bridgehead atoms. The topological polar surface area (TPSA) is 86.2 Å². The Balaban J connectivity index is 1.57. The second-order valence-corrected chi connectivity index (χ2v) is 7.76. The first-order valence-corrected chi connectivity index (χ1v) is 10.0. The highest BCUT2D eigenvalue weighted by Gasteiger charge is 2.60. The monoisotopic (exact) mass is 439 g/mol. The molecule has 1 aliphatic rings. The number of nitrogens with zero attached hydrogens (tertiary/aromatic N) is 3. The normalized spacial score (nSPS) is 19.3. The van der Waals surface area contributed by atoms with Crippen LogP contribution in [0.5, 0.6) is 11.6 Å². The molecule has 7 nitrogen and oxygen atoms in total. The Kier molecular flexibility index (Phi) is 5.73. The minimum absolute atomic E-state index is 0.141. The average Bonchev–Trinajstić information content (AvgIpc) is 3.50. The summed E-state index contributed by atoms with van der Waals surface area (Å²) in [5.74, 6) is -0.763. The summed E-state index contributed by atoms with van der Waals surface area (Å²) in [7, 11) is 1.29. The number of anilines is 1. The van der Waals surface area contributed by atoms with Crippen LogP contribution in [-0.4, -0.2) is 34.6 Å². The van der Waals surface area contributed by atoms with Gasteiger partial charge in [-0.25, -0.2) is 18.7 Å².